The molecule has 0 heterocycles. The fraction of sp³-hybridized carbons (Fsp3) is 0.471. The van der Waals surface area contributed by atoms with Crippen LogP contribution in [0.5, 0.6) is 0 Å². The molecule has 0 aliphatic carbocycles. The largest absolute Gasteiger partial charge is 0.469 e. The topological polar surface area (TPSA) is 82.1 Å². The molecule has 0 bridgehead atoms. The van der Waals surface area contributed by atoms with E-state index in [1.165, 1.54) is 19.1 Å². The number of carbonyl (C=O) groups excluding carboxylic acids is 3. The van der Waals surface area contributed by atoms with E-state index in [4.69, 9.17) is 9.47 Å². The Labute approximate surface area is 155 Å². The van der Waals surface area contributed by atoms with Crippen molar-refractivity contribution in [3.63, 3.8) is 0 Å². The Morgan fingerprint density at radius 2 is 1.84 bits per heavy atom. The summed E-state index contributed by atoms with van der Waals surface area (Å²) >= 11 is 3.30. The summed E-state index contributed by atoms with van der Waals surface area (Å²) in [6.45, 7) is 3.65. The van der Waals surface area contributed by atoms with Crippen LogP contribution >= 0.6 is 15.9 Å². The van der Waals surface area contributed by atoms with Crippen LogP contribution in [0.15, 0.2) is 22.7 Å². The quantitative estimate of drug-likeness (QED) is 0.500. The van der Waals surface area contributed by atoms with Crippen molar-refractivity contribution in [1.82, 2.24) is 0 Å². The lowest BCUT2D eigenvalue weighted by Gasteiger charge is -2.25. The van der Waals surface area contributed by atoms with Crippen molar-refractivity contribution in [2.24, 2.45) is 0 Å². The van der Waals surface area contributed by atoms with Crippen LogP contribution in [0.1, 0.15) is 37.0 Å². The average molecular weight is 416 g/mol. The van der Waals surface area contributed by atoms with E-state index in [1.54, 1.807) is 32.0 Å². The van der Waals surface area contributed by atoms with Crippen LogP contribution < -0.4 is 4.90 Å². The third-order valence-corrected chi connectivity index (χ3v) is 3.70. The molecule has 0 spiro atoms. The fourth-order valence-electron chi connectivity index (χ4n) is 2.08. The minimum Gasteiger partial charge on any atom is -0.469 e. The Balaban J connectivity index is 3.15. The third-order valence-electron chi connectivity index (χ3n) is 3.20. The van der Waals surface area contributed by atoms with Gasteiger partial charge in [0, 0.05) is 17.4 Å². The molecule has 8 heteroatoms. The molecule has 0 unspecified atom stereocenters. The molecule has 0 aliphatic rings. The number of anilines is 1. The van der Waals surface area contributed by atoms with Crippen LogP contribution in [0.3, 0.4) is 0 Å². The number of halogens is 1. The second kappa shape index (κ2) is 10.0. The number of rotatable bonds is 7. The Morgan fingerprint density at radius 1 is 1.16 bits per heavy atom. The van der Waals surface area contributed by atoms with Gasteiger partial charge in [-0.25, -0.2) is 9.59 Å². The zero-order valence-corrected chi connectivity index (χ0v) is 16.3. The van der Waals surface area contributed by atoms with Gasteiger partial charge in [0.05, 0.1) is 31.6 Å². The maximum absolute atomic E-state index is 12.5. The Bertz CT molecular complexity index is 632. The Hall–Kier alpha value is -2.09. The lowest BCUT2D eigenvalue weighted by molar-refractivity contribution is -0.140. The van der Waals surface area contributed by atoms with E-state index in [9.17, 15) is 14.4 Å². The number of hydrogen-bond acceptors (Lipinski definition) is 6. The van der Waals surface area contributed by atoms with Crippen LogP contribution in [-0.4, -0.2) is 44.9 Å². The smallest absolute Gasteiger partial charge is 0.414 e. The zero-order valence-electron chi connectivity index (χ0n) is 14.7. The summed E-state index contributed by atoms with van der Waals surface area (Å²) in [6, 6.07) is 4.89. The summed E-state index contributed by atoms with van der Waals surface area (Å²) in [4.78, 5) is 37.2. The first kappa shape index (κ1) is 21.0. The molecule has 0 saturated carbocycles. The molecule has 0 N–H and O–H groups in total. The molecule has 0 saturated heterocycles. The van der Waals surface area contributed by atoms with Gasteiger partial charge in [-0.15, -0.1) is 0 Å². The van der Waals surface area contributed by atoms with E-state index < -0.39 is 12.1 Å². The average Bonchev–Trinajstić information content (AvgIpc) is 2.57. The number of amides is 1. The number of esters is 2. The summed E-state index contributed by atoms with van der Waals surface area (Å²) < 4.78 is 15.3. The van der Waals surface area contributed by atoms with E-state index >= 15 is 0 Å². The van der Waals surface area contributed by atoms with Gasteiger partial charge in [0.25, 0.3) is 0 Å². The lowest BCUT2D eigenvalue weighted by Crippen LogP contribution is -2.35. The molecule has 0 fully saturated rings. The highest BCUT2D eigenvalue weighted by atomic mass is 79.9. The molecule has 0 radical (unpaired) electrons. The molecule has 25 heavy (non-hydrogen) atoms. The first-order valence-electron chi connectivity index (χ1n) is 7.73. The number of ether oxygens (including phenoxy) is 3. The number of benzene rings is 1. The van der Waals surface area contributed by atoms with Gasteiger partial charge in [0.15, 0.2) is 0 Å². The van der Waals surface area contributed by atoms with E-state index in [1.807, 2.05) is 0 Å². The van der Waals surface area contributed by atoms with Crippen molar-refractivity contribution < 1.29 is 28.6 Å². The van der Waals surface area contributed by atoms with Gasteiger partial charge < -0.3 is 14.2 Å². The molecular weight excluding hydrogens is 394 g/mol. The summed E-state index contributed by atoms with van der Waals surface area (Å²) in [7, 11) is 2.57. The van der Waals surface area contributed by atoms with Crippen LogP contribution in [0, 0.1) is 0 Å². The highest BCUT2D eigenvalue weighted by Crippen LogP contribution is 2.27. The van der Waals surface area contributed by atoms with Crippen molar-refractivity contribution in [2.75, 3.05) is 25.7 Å². The van der Waals surface area contributed by atoms with Gasteiger partial charge in [0.2, 0.25) is 0 Å². The summed E-state index contributed by atoms with van der Waals surface area (Å²) in [5.74, 6) is -0.951. The monoisotopic (exact) mass is 415 g/mol. The second-order valence-electron chi connectivity index (χ2n) is 5.42. The van der Waals surface area contributed by atoms with Crippen molar-refractivity contribution in [2.45, 2.75) is 32.8 Å². The van der Waals surface area contributed by atoms with Gasteiger partial charge in [0.1, 0.15) is 0 Å². The molecule has 0 aromatic heterocycles. The standard InChI is InChI=1S/C17H22BrNO6/c1-11(2)25-17(22)19(9-5-6-15(20)23-3)14-8-7-12(18)10-13(14)16(21)24-4/h7-8,10-11H,5-6,9H2,1-4H3. The number of carbonyl (C=O) groups is 3. The number of nitrogens with zero attached hydrogens (tertiary/aromatic N) is 1. The van der Waals surface area contributed by atoms with Gasteiger partial charge in [-0.05, 0) is 38.5 Å². The maximum atomic E-state index is 12.5. The zero-order chi connectivity index (χ0) is 19.0. The minimum absolute atomic E-state index is 0.145. The fourth-order valence-corrected chi connectivity index (χ4v) is 2.44. The van der Waals surface area contributed by atoms with Crippen molar-refractivity contribution in [1.29, 1.82) is 0 Å². The minimum atomic E-state index is -0.604. The maximum Gasteiger partial charge on any atom is 0.414 e. The Morgan fingerprint density at radius 3 is 2.40 bits per heavy atom. The van der Waals surface area contributed by atoms with Gasteiger partial charge in [-0.2, -0.15) is 0 Å². The van der Waals surface area contributed by atoms with Crippen LogP contribution in [-0.2, 0) is 19.0 Å². The summed E-state index contributed by atoms with van der Waals surface area (Å²) in [6.07, 6.45) is -0.428. The molecular formula is C17H22BrNO6. The SMILES string of the molecule is COC(=O)CCCN(C(=O)OC(C)C)c1ccc(Br)cc1C(=O)OC. The molecule has 1 amide bonds. The van der Waals surface area contributed by atoms with Crippen molar-refractivity contribution in [3.05, 3.63) is 28.2 Å². The Kier molecular flexibility index (Phi) is 8.40. The molecule has 0 aliphatic heterocycles. The normalized spacial score (nSPS) is 10.3. The molecule has 138 valence electrons. The highest BCUT2D eigenvalue weighted by molar-refractivity contribution is 9.10. The predicted octanol–water partition coefficient (Wildman–Crippen LogP) is 3.54. The summed E-state index contributed by atoms with van der Waals surface area (Å²) in [5, 5.41) is 0. The van der Waals surface area contributed by atoms with Gasteiger partial charge >= 0.3 is 18.0 Å². The second-order valence-corrected chi connectivity index (χ2v) is 6.33. The summed E-state index contributed by atoms with van der Waals surface area (Å²) in [5.41, 5.74) is 0.571. The highest BCUT2D eigenvalue weighted by Gasteiger charge is 2.24. The van der Waals surface area contributed by atoms with Crippen LogP contribution in [0.25, 0.3) is 0 Å². The van der Waals surface area contributed by atoms with E-state index in [-0.39, 0.29) is 30.6 Å². The number of methoxy groups -OCH3 is 2. The van der Waals surface area contributed by atoms with Crippen LogP contribution in [0.4, 0.5) is 10.5 Å². The first-order valence-corrected chi connectivity index (χ1v) is 8.52. The molecule has 1 aromatic rings. The van der Waals surface area contributed by atoms with Gasteiger partial charge in [-0.1, -0.05) is 15.9 Å². The number of hydrogen-bond donors (Lipinski definition) is 0. The van der Waals surface area contributed by atoms with E-state index in [0.717, 1.165) is 0 Å². The lowest BCUT2D eigenvalue weighted by atomic mass is 10.1. The molecule has 1 rings (SSSR count). The predicted molar refractivity (Wildman–Crippen MR) is 95.7 cm³/mol. The first-order chi connectivity index (χ1) is 11.8. The molecule has 1 aromatic carbocycles. The van der Waals surface area contributed by atoms with Crippen molar-refractivity contribution in [3.8, 4) is 0 Å². The molecule has 7 nitrogen and oxygen atoms in total. The third kappa shape index (κ3) is 6.38. The van der Waals surface area contributed by atoms with Crippen LogP contribution in [0.2, 0.25) is 0 Å². The van der Waals surface area contributed by atoms with E-state index in [2.05, 4.69) is 20.7 Å². The van der Waals surface area contributed by atoms with Gasteiger partial charge in [-0.3, -0.25) is 9.69 Å². The van der Waals surface area contributed by atoms with Crippen molar-refractivity contribution >= 4 is 39.6 Å². The van der Waals surface area contributed by atoms with E-state index in [0.29, 0.717) is 16.6 Å². The molecule has 0 atom stereocenters.